The molecule has 0 bridgehead atoms. The van der Waals surface area contributed by atoms with Crippen LogP contribution in [0.15, 0.2) is 24.4 Å². The molecule has 2 atom stereocenters. The Hall–Kier alpha value is -0.970. The first-order chi connectivity index (χ1) is 6.09. The number of aliphatic hydroxyl groups is 2. The summed E-state index contributed by atoms with van der Waals surface area (Å²) < 4.78 is 0. The molecule has 0 amide bonds. The maximum absolute atomic E-state index is 9.91. The summed E-state index contributed by atoms with van der Waals surface area (Å²) in [5.74, 6) is 0. The van der Waals surface area contributed by atoms with Crippen LogP contribution < -0.4 is 5.73 Å². The third kappa shape index (κ3) is 2.03. The average Bonchev–Trinajstić information content (AvgIpc) is 2.18. The molecule has 1 aromatic heterocycles. The molecule has 1 rings (SSSR count). The Morgan fingerprint density at radius 2 is 2.31 bits per heavy atom. The molecule has 0 aliphatic heterocycles. The molecule has 13 heavy (non-hydrogen) atoms. The average molecular weight is 182 g/mol. The van der Waals surface area contributed by atoms with Crippen LogP contribution in [-0.2, 0) is 5.60 Å². The summed E-state index contributed by atoms with van der Waals surface area (Å²) in [5.41, 5.74) is 4.73. The topological polar surface area (TPSA) is 79.4 Å². The molecule has 0 saturated heterocycles. The van der Waals surface area contributed by atoms with E-state index in [1.165, 1.54) is 6.92 Å². The van der Waals surface area contributed by atoms with E-state index >= 15 is 0 Å². The minimum absolute atomic E-state index is 0.274. The maximum atomic E-state index is 9.91. The molecule has 0 fully saturated rings. The van der Waals surface area contributed by atoms with Gasteiger partial charge in [-0.2, -0.15) is 0 Å². The lowest BCUT2D eigenvalue weighted by atomic mass is 9.93. The van der Waals surface area contributed by atoms with Crippen LogP contribution in [0.2, 0.25) is 0 Å². The first-order valence-electron chi connectivity index (χ1n) is 4.09. The molecule has 4 nitrogen and oxygen atoms in total. The van der Waals surface area contributed by atoms with E-state index in [1.54, 1.807) is 24.4 Å². The van der Waals surface area contributed by atoms with Crippen LogP contribution in [0, 0.1) is 0 Å². The number of nitrogens with zero attached hydrogens (tertiary/aromatic N) is 1. The van der Waals surface area contributed by atoms with Crippen molar-refractivity contribution in [1.29, 1.82) is 0 Å². The molecule has 0 saturated carbocycles. The van der Waals surface area contributed by atoms with E-state index in [9.17, 15) is 5.11 Å². The fraction of sp³-hybridized carbons (Fsp3) is 0.444. The largest absolute Gasteiger partial charge is 0.395 e. The van der Waals surface area contributed by atoms with E-state index in [4.69, 9.17) is 10.8 Å². The highest BCUT2D eigenvalue weighted by atomic mass is 16.3. The molecule has 1 aromatic rings. The van der Waals surface area contributed by atoms with Crippen LogP contribution in [0.1, 0.15) is 12.6 Å². The fourth-order valence-corrected chi connectivity index (χ4v) is 1.03. The van der Waals surface area contributed by atoms with Crippen molar-refractivity contribution in [3.63, 3.8) is 0 Å². The number of rotatable bonds is 3. The molecule has 0 aliphatic rings. The van der Waals surface area contributed by atoms with Gasteiger partial charge in [-0.1, -0.05) is 6.07 Å². The van der Waals surface area contributed by atoms with Gasteiger partial charge < -0.3 is 15.9 Å². The van der Waals surface area contributed by atoms with Crippen LogP contribution in [0.25, 0.3) is 0 Å². The first kappa shape index (κ1) is 10.1. The van der Waals surface area contributed by atoms with Gasteiger partial charge in [0.15, 0.2) is 0 Å². The third-order valence-electron chi connectivity index (χ3n) is 2.10. The normalized spacial score (nSPS) is 17.8. The summed E-state index contributed by atoms with van der Waals surface area (Å²) >= 11 is 0. The Labute approximate surface area is 77.0 Å². The quantitative estimate of drug-likeness (QED) is 0.594. The molecule has 1 heterocycles. The second-order valence-electron chi connectivity index (χ2n) is 3.15. The lowest BCUT2D eigenvalue weighted by Crippen LogP contribution is -2.46. The van der Waals surface area contributed by atoms with Crippen molar-refractivity contribution in [1.82, 2.24) is 4.98 Å². The number of aromatic nitrogens is 1. The molecule has 0 spiro atoms. The minimum Gasteiger partial charge on any atom is -0.395 e. The van der Waals surface area contributed by atoms with E-state index < -0.39 is 11.6 Å². The van der Waals surface area contributed by atoms with Crippen molar-refractivity contribution in [3.05, 3.63) is 30.1 Å². The number of pyridine rings is 1. The Morgan fingerprint density at radius 1 is 1.62 bits per heavy atom. The maximum Gasteiger partial charge on any atom is 0.121 e. The van der Waals surface area contributed by atoms with Gasteiger partial charge in [0, 0.05) is 6.20 Å². The smallest absolute Gasteiger partial charge is 0.121 e. The fourth-order valence-electron chi connectivity index (χ4n) is 1.03. The predicted molar refractivity (Wildman–Crippen MR) is 48.9 cm³/mol. The molecular weight excluding hydrogens is 168 g/mol. The molecule has 72 valence electrons. The molecule has 0 aromatic carbocycles. The van der Waals surface area contributed by atoms with Crippen LogP contribution in [0.4, 0.5) is 0 Å². The molecular formula is C9H14N2O2. The second kappa shape index (κ2) is 3.83. The van der Waals surface area contributed by atoms with Crippen LogP contribution in [0.3, 0.4) is 0 Å². The van der Waals surface area contributed by atoms with Crippen molar-refractivity contribution in [2.75, 3.05) is 6.61 Å². The van der Waals surface area contributed by atoms with E-state index in [2.05, 4.69) is 4.98 Å². The second-order valence-corrected chi connectivity index (χ2v) is 3.15. The van der Waals surface area contributed by atoms with Crippen molar-refractivity contribution < 1.29 is 10.2 Å². The van der Waals surface area contributed by atoms with Crippen molar-refractivity contribution in [3.8, 4) is 0 Å². The lowest BCUT2D eigenvalue weighted by molar-refractivity contribution is 0.00520. The van der Waals surface area contributed by atoms with Gasteiger partial charge in [-0.15, -0.1) is 0 Å². The van der Waals surface area contributed by atoms with Gasteiger partial charge in [0.2, 0.25) is 0 Å². The standard InChI is InChI=1S/C9H14N2O2/c1-9(13,7(10)6-12)8-4-2-3-5-11-8/h2-5,7,12-13H,6,10H2,1H3/t7-,9?/m0/s1. The van der Waals surface area contributed by atoms with Crippen molar-refractivity contribution in [2.45, 2.75) is 18.6 Å². The molecule has 0 aliphatic carbocycles. The Kier molecular flexibility index (Phi) is 2.98. The molecule has 0 radical (unpaired) electrons. The lowest BCUT2D eigenvalue weighted by Gasteiger charge is -2.27. The number of hydrogen-bond donors (Lipinski definition) is 3. The SMILES string of the molecule is CC(O)(c1ccccn1)[C@@H](N)CO. The van der Waals surface area contributed by atoms with E-state index in [-0.39, 0.29) is 6.61 Å². The van der Waals surface area contributed by atoms with E-state index in [0.717, 1.165) is 0 Å². The van der Waals surface area contributed by atoms with Crippen LogP contribution in [0.5, 0.6) is 0 Å². The van der Waals surface area contributed by atoms with Gasteiger partial charge in [-0.25, -0.2) is 0 Å². The van der Waals surface area contributed by atoms with Crippen molar-refractivity contribution in [2.24, 2.45) is 5.73 Å². The predicted octanol–water partition coefficient (Wildman–Crippen LogP) is -0.391. The van der Waals surface area contributed by atoms with Gasteiger partial charge in [0.1, 0.15) is 5.60 Å². The van der Waals surface area contributed by atoms with Crippen molar-refractivity contribution >= 4 is 0 Å². The van der Waals surface area contributed by atoms with Gasteiger partial charge in [-0.05, 0) is 19.1 Å². The van der Waals surface area contributed by atoms with E-state index in [0.29, 0.717) is 5.69 Å². The summed E-state index contributed by atoms with van der Waals surface area (Å²) in [6.45, 7) is 1.26. The highest BCUT2D eigenvalue weighted by molar-refractivity contribution is 5.14. The molecule has 1 unspecified atom stereocenters. The number of aliphatic hydroxyl groups excluding tert-OH is 1. The monoisotopic (exact) mass is 182 g/mol. The van der Waals surface area contributed by atoms with Gasteiger partial charge in [0.05, 0.1) is 18.3 Å². The summed E-state index contributed by atoms with van der Waals surface area (Å²) in [7, 11) is 0. The summed E-state index contributed by atoms with van der Waals surface area (Å²) in [4.78, 5) is 3.98. The highest BCUT2D eigenvalue weighted by Crippen LogP contribution is 2.20. The summed E-state index contributed by atoms with van der Waals surface area (Å²) in [5, 5.41) is 18.7. The zero-order valence-electron chi connectivity index (χ0n) is 7.51. The number of hydrogen-bond acceptors (Lipinski definition) is 4. The minimum atomic E-state index is -1.28. The number of nitrogens with two attached hydrogens (primary N) is 1. The van der Waals surface area contributed by atoms with Crippen LogP contribution >= 0.6 is 0 Å². The van der Waals surface area contributed by atoms with Gasteiger partial charge >= 0.3 is 0 Å². The Bertz CT molecular complexity index is 262. The van der Waals surface area contributed by atoms with Gasteiger partial charge in [-0.3, -0.25) is 4.98 Å². The van der Waals surface area contributed by atoms with Gasteiger partial charge in [0.25, 0.3) is 0 Å². The summed E-state index contributed by atoms with van der Waals surface area (Å²) in [6.07, 6.45) is 1.58. The van der Waals surface area contributed by atoms with E-state index in [1.807, 2.05) is 0 Å². The highest BCUT2D eigenvalue weighted by Gasteiger charge is 2.31. The zero-order valence-corrected chi connectivity index (χ0v) is 7.51. The first-order valence-corrected chi connectivity index (χ1v) is 4.09. The van der Waals surface area contributed by atoms with Crippen LogP contribution in [-0.4, -0.2) is 27.8 Å². The Morgan fingerprint density at radius 3 is 2.77 bits per heavy atom. The third-order valence-corrected chi connectivity index (χ3v) is 2.10. The molecule has 4 N–H and O–H groups in total. The summed E-state index contributed by atoms with van der Waals surface area (Å²) in [6, 6.07) is 4.47. The zero-order chi connectivity index (χ0) is 9.90. The Balaban J connectivity index is 2.93. The molecule has 4 heteroatoms.